The third-order valence-electron chi connectivity index (χ3n) is 4.52. The number of nitrogens with zero attached hydrogens (tertiary/aromatic N) is 2. The Morgan fingerprint density at radius 2 is 1.77 bits per heavy atom. The Hall–Kier alpha value is -1.28. The van der Waals surface area contributed by atoms with Crippen LogP contribution in [0.15, 0.2) is 41.3 Å². The fraction of sp³-hybridized carbons (Fsp3) is 0.389. The van der Waals surface area contributed by atoms with Crippen LogP contribution >= 0.6 is 23.4 Å². The Morgan fingerprint density at radius 1 is 1.12 bits per heavy atom. The summed E-state index contributed by atoms with van der Waals surface area (Å²) < 4.78 is 25.3. The monoisotopic (exact) mass is 412 g/mol. The van der Waals surface area contributed by atoms with Crippen molar-refractivity contribution >= 4 is 50.1 Å². The maximum atomic E-state index is 12.5. The number of piperazine rings is 1. The molecule has 2 aromatic rings. The summed E-state index contributed by atoms with van der Waals surface area (Å²) in [5.74, 6) is 0.427. The summed E-state index contributed by atoms with van der Waals surface area (Å²) in [5, 5.41) is 2.69. The molecular weight excluding hydrogens is 392 g/mol. The molecule has 1 fully saturated rings. The van der Waals surface area contributed by atoms with E-state index >= 15 is 0 Å². The lowest BCUT2D eigenvalue weighted by Crippen LogP contribution is -2.51. The number of hydrogen-bond acceptors (Lipinski definition) is 4. The summed E-state index contributed by atoms with van der Waals surface area (Å²) in [5.41, 5.74) is 0. The van der Waals surface area contributed by atoms with Crippen LogP contribution in [0.1, 0.15) is 6.92 Å². The van der Waals surface area contributed by atoms with Crippen LogP contribution in [0.3, 0.4) is 0 Å². The lowest BCUT2D eigenvalue weighted by Gasteiger charge is -2.33. The molecule has 2 aromatic carbocycles. The van der Waals surface area contributed by atoms with Gasteiger partial charge in [0.1, 0.15) is 0 Å². The maximum Gasteiger partial charge on any atom is 0.233 e. The van der Waals surface area contributed by atoms with Crippen LogP contribution in [-0.4, -0.2) is 61.2 Å². The summed E-state index contributed by atoms with van der Waals surface area (Å²) in [6.07, 6.45) is 0. The molecule has 26 heavy (non-hydrogen) atoms. The van der Waals surface area contributed by atoms with Crippen molar-refractivity contribution in [3.8, 4) is 0 Å². The van der Waals surface area contributed by atoms with Crippen molar-refractivity contribution < 1.29 is 13.2 Å². The van der Waals surface area contributed by atoms with Gasteiger partial charge in [-0.3, -0.25) is 4.79 Å². The molecule has 1 aliphatic heterocycles. The van der Waals surface area contributed by atoms with Crippen LogP contribution < -0.4 is 0 Å². The second-order valence-corrected chi connectivity index (χ2v) is 9.75. The number of halogens is 1. The number of carbonyl (C=O) groups is 1. The first-order chi connectivity index (χ1) is 12.4. The fourth-order valence-electron chi connectivity index (χ4n) is 3.01. The number of amides is 1. The number of rotatable bonds is 5. The van der Waals surface area contributed by atoms with Gasteiger partial charge in [0.05, 0.1) is 11.5 Å². The molecule has 140 valence electrons. The van der Waals surface area contributed by atoms with Gasteiger partial charge in [-0.05, 0) is 24.4 Å². The van der Waals surface area contributed by atoms with Gasteiger partial charge in [0.2, 0.25) is 15.9 Å². The summed E-state index contributed by atoms with van der Waals surface area (Å²) in [6.45, 7) is 3.25. The minimum absolute atomic E-state index is 0.0209. The summed E-state index contributed by atoms with van der Waals surface area (Å²) in [6, 6.07) is 11.7. The van der Waals surface area contributed by atoms with E-state index in [4.69, 9.17) is 11.6 Å². The van der Waals surface area contributed by atoms with Crippen molar-refractivity contribution in [2.75, 3.05) is 37.7 Å². The van der Waals surface area contributed by atoms with E-state index in [1.165, 1.54) is 16.1 Å². The molecule has 1 heterocycles. The van der Waals surface area contributed by atoms with Crippen LogP contribution in [-0.2, 0) is 14.8 Å². The Morgan fingerprint density at radius 3 is 2.42 bits per heavy atom. The van der Waals surface area contributed by atoms with Crippen molar-refractivity contribution in [1.82, 2.24) is 9.21 Å². The molecule has 1 amide bonds. The Labute approximate surface area is 163 Å². The lowest BCUT2D eigenvalue weighted by atomic mass is 10.1. The van der Waals surface area contributed by atoms with E-state index in [2.05, 4.69) is 0 Å². The largest absolute Gasteiger partial charge is 0.339 e. The topological polar surface area (TPSA) is 57.7 Å². The molecule has 0 aliphatic carbocycles. The molecule has 0 bridgehead atoms. The molecular formula is C18H21ClN2O3S2. The Balaban J connectivity index is 1.62. The quantitative estimate of drug-likeness (QED) is 0.708. The second-order valence-electron chi connectivity index (χ2n) is 6.06. The van der Waals surface area contributed by atoms with Crippen molar-refractivity contribution in [1.29, 1.82) is 0 Å². The average Bonchev–Trinajstić information content (AvgIpc) is 2.66. The Bertz CT molecular complexity index is 905. The van der Waals surface area contributed by atoms with Crippen LogP contribution in [0.5, 0.6) is 0 Å². The predicted molar refractivity (Wildman–Crippen MR) is 107 cm³/mol. The van der Waals surface area contributed by atoms with Crippen molar-refractivity contribution in [3.05, 3.63) is 41.4 Å². The SMILES string of the molecule is CCS(=O)(=O)N1CCN(C(=O)CSc2cccc3cccc(Cl)c23)CC1. The fourth-order valence-corrected chi connectivity index (χ4v) is 5.44. The molecule has 5 nitrogen and oxygen atoms in total. The van der Waals surface area contributed by atoms with E-state index < -0.39 is 10.0 Å². The first-order valence-electron chi connectivity index (χ1n) is 8.48. The summed E-state index contributed by atoms with van der Waals surface area (Å²) >= 11 is 7.80. The first-order valence-corrected chi connectivity index (χ1v) is 11.5. The Kier molecular flexibility index (Phi) is 6.12. The average molecular weight is 413 g/mol. The molecule has 1 saturated heterocycles. The molecule has 1 aliphatic rings. The smallest absolute Gasteiger partial charge is 0.233 e. The van der Waals surface area contributed by atoms with Gasteiger partial charge in [-0.25, -0.2) is 8.42 Å². The molecule has 0 aromatic heterocycles. The molecule has 8 heteroatoms. The van der Waals surface area contributed by atoms with E-state index in [1.807, 2.05) is 36.4 Å². The van der Waals surface area contributed by atoms with Crippen molar-refractivity contribution in [2.45, 2.75) is 11.8 Å². The van der Waals surface area contributed by atoms with E-state index in [0.717, 1.165) is 15.7 Å². The highest BCUT2D eigenvalue weighted by Gasteiger charge is 2.27. The molecule has 3 rings (SSSR count). The number of benzene rings is 2. The van der Waals surface area contributed by atoms with E-state index in [1.54, 1.807) is 11.8 Å². The van der Waals surface area contributed by atoms with Gasteiger partial charge < -0.3 is 4.90 Å². The normalized spacial score (nSPS) is 16.2. The highest BCUT2D eigenvalue weighted by molar-refractivity contribution is 8.00. The third kappa shape index (κ3) is 4.17. The van der Waals surface area contributed by atoms with E-state index in [9.17, 15) is 13.2 Å². The van der Waals surface area contributed by atoms with Gasteiger partial charge in [0.25, 0.3) is 0 Å². The van der Waals surface area contributed by atoms with Crippen LogP contribution in [0.2, 0.25) is 5.02 Å². The van der Waals surface area contributed by atoms with Crippen LogP contribution in [0.4, 0.5) is 0 Å². The lowest BCUT2D eigenvalue weighted by molar-refractivity contribution is -0.129. The van der Waals surface area contributed by atoms with Gasteiger partial charge in [-0.15, -0.1) is 11.8 Å². The molecule has 0 saturated carbocycles. The molecule has 0 unspecified atom stereocenters. The number of carbonyl (C=O) groups excluding carboxylic acids is 1. The maximum absolute atomic E-state index is 12.5. The van der Waals surface area contributed by atoms with Crippen LogP contribution in [0.25, 0.3) is 10.8 Å². The zero-order valence-corrected chi connectivity index (χ0v) is 16.9. The third-order valence-corrected chi connectivity index (χ3v) is 7.76. The standard InChI is InChI=1S/C18H21ClN2O3S2/c1-2-26(23,24)21-11-9-20(10-12-21)17(22)13-25-16-8-4-6-14-5-3-7-15(19)18(14)16/h3-8H,2,9-13H2,1H3. The minimum Gasteiger partial charge on any atom is -0.339 e. The molecule has 0 atom stereocenters. The number of hydrogen-bond donors (Lipinski definition) is 0. The predicted octanol–water partition coefficient (Wildman–Crippen LogP) is 3.08. The highest BCUT2D eigenvalue weighted by Crippen LogP contribution is 2.33. The number of sulfonamides is 1. The van der Waals surface area contributed by atoms with Crippen LogP contribution in [0, 0.1) is 0 Å². The summed E-state index contributed by atoms with van der Waals surface area (Å²) in [7, 11) is -3.18. The number of thioether (sulfide) groups is 1. The zero-order valence-electron chi connectivity index (χ0n) is 14.5. The highest BCUT2D eigenvalue weighted by atomic mass is 35.5. The minimum atomic E-state index is -3.18. The molecule has 0 spiro atoms. The first kappa shape index (κ1) is 19.5. The second kappa shape index (κ2) is 8.17. The number of fused-ring (bicyclic) bond motifs is 1. The van der Waals surface area contributed by atoms with Gasteiger partial charge in [-0.1, -0.05) is 35.9 Å². The van der Waals surface area contributed by atoms with Gasteiger partial charge in [0, 0.05) is 41.5 Å². The van der Waals surface area contributed by atoms with E-state index in [0.29, 0.717) is 37.0 Å². The molecule has 0 radical (unpaired) electrons. The van der Waals surface area contributed by atoms with Crippen molar-refractivity contribution in [2.24, 2.45) is 0 Å². The molecule has 0 N–H and O–H groups in total. The summed E-state index contributed by atoms with van der Waals surface area (Å²) in [4.78, 5) is 15.2. The van der Waals surface area contributed by atoms with Gasteiger partial charge in [0.15, 0.2) is 0 Å². The van der Waals surface area contributed by atoms with Crippen molar-refractivity contribution in [3.63, 3.8) is 0 Å². The van der Waals surface area contributed by atoms with E-state index in [-0.39, 0.29) is 11.7 Å². The zero-order chi connectivity index (χ0) is 18.7. The van der Waals surface area contributed by atoms with Gasteiger partial charge >= 0.3 is 0 Å². The van der Waals surface area contributed by atoms with Gasteiger partial charge in [-0.2, -0.15) is 4.31 Å².